The van der Waals surface area contributed by atoms with Crippen molar-refractivity contribution in [3.63, 3.8) is 0 Å². The van der Waals surface area contributed by atoms with Crippen LogP contribution in [-0.2, 0) is 29.4 Å². The Morgan fingerprint density at radius 2 is 1.68 bits per heavy atom. The number of rotatable bonds is 10. The summed E-state index contributed by atoms with van der Waals surface area (Å²) in [7, 11) is 0. The van der Waals surface area contributed by atoms with E-state index < -0.39 is 28.9 Å². The molecular weight excluding hydrogens is 560 g/mol. The number of nitrogens with zero attached hydrogens (tertiary/aromatic N) is 3. The van der Waals surface area contributed by atoms with E-state index in [1.165, 1.54) is 0 Å². The van der Waals surface area contributed by atoms with Crippen LogP contribution in [0.4, 0.5) is 11.4 Å². The molecule has 1 saturated heterocycles. The van der Waals surface area contributed by atoms with E-state index in [0.717, 1.165) is 27.7 Å². The van der Waals surface area contributed by atoms with Crippen LogP contribution in [0.15, 0.2) is 65.7 Å². The molecule has 44 heavy (non-hydrogen) atoms. The molecule has 6 rings (SSSR count). The molecule has 0 aromatic heterocycles. The molecule has 3 aliphatic heterocycles. The van der Waals surface area contributed by atoms with Crippen LogP contribution in [-0.4, -0.2) is 53.8 Å². The topological polar surface area (TPSA) is 118 Å². The van der Waals surface area contributed by atoms with E-state index in [1.807, 2.05) is 48.7 Å². The van der Waals surface area contributed by atoms with Gasteiger partial charge in [0.25, 0.3) is 11.8 Å². The lowest BCUT2D eigenvalue weighted by Gasteiger charge is -2.46. The SMILES string of the molecule is CC1(C)c2ccccc2N(CCC(=O)NCCCCCC(=O)ON2C(=O)CCC2=O)C12C=Nc1c(ccc3ccccc13)O2. The van der Waals surface area contributed by atoms with E-state index in [0.29, 0.717) is 43.2 Å². The number of para-hydroxylation sites is 1. The fourth-order valence-electron chi connectivity index (χ4n) is 6.35. The maximum absolute atomic E-state index is 12.9. The van der Waals surface area contributed by atoms with Gasteiger partial charge in [0, 0.05) is 49.8 Å². The lowest BCUT2D eigenvalue weighted by atomic mass is 9.77. The highest BCUT2D eigenvalue weighted by atomic mass is 16.7. The van der Waals surface area contributed by atoms with Crippen molar-refractivity contribution in [1.29, 1.82) is 0 Å². The average molecular weight is 597 g/mol. The largest absolute Gasteiger partial charge is 0.459 e. The molecule has 1 N–H and O–H groups in total. The summed E-state index contributed by atoms with van der Waals surface area (Å²) >= 11 is 0. The molecule has 228 valence electrons. The second-order valence-electron chi connectivity index (χ2n) is 11.9. The van der Waals surface area contributed by atoms with Crippen molar-refractivity contribution in [2.24, 2.45) is 4.99 Å². The molecule has 3 amide bonds. The summed E-state index contributed by atoms with van der Waals surface area (Å²) in [5.74, 6) is -0.946. The molecule has 0 saturated carbocycles. The van der Waals surface area contributed by atoms with Gasteiger partial charge in [-0.25, -0.2) is 4.79 Å². The van der Waals surface area contributed by atoms with Gasteiger partial charge in [0.05, 0.1) is 11.6 Å². The number of nitrogens with one attached hydrogen (secondary N) is 1. The summed E-state index contributed by atoms with van der Waals surface area (Å²) in [6.45, 7) is 5.21. The van der Waals surface area contributed by atoms with E-state index in [2.05, 4.69) is 42.3 Å². The Labute approximate surface area is 256 Å². The number of hydrogen-bond acceptors (Lipinski definition) is 8. The van der Waals surface area contributed by atoms with Gasteiger partial charge in [-0.05, 0) is 49.8 Å². The van der Waals surface area contributed by atoms with Gasteiger partial charge in [0.15, 0.2) is 0 Å². The molecule has 3 aliphatic rings. The third-order valence-corrected chi connectivity index (χ3v) is 8.80. The summed E-state index contributed by atoms with van der Waals surface area (Å²) in [6, 6.07) is 20.3. The van der Waals surface area contributed by atoms with Crippen LogP contribution in [0.5, 0.6) is 5.75 Å². The Morgan fingerprint density at radius 3 is 2.50 bits per heavy atom. The molecule has 1 atom stereocenters. The second kappa shape index (κ2) is 11.7. The van der Waals surface area contributed by atoms with Crippen LogP contribution in [0.25, 0.3) is 10.8 Å². The molecule has 10 nitrogen and oxygen atoms in total. The molecule has 1 fully saturated rings. The zero-order valence-electron chi connectivity index (χ0n) is 25.0. The van der Waals surface area contributed by atoms with Gasteiger partial charge >= 0.3 is 5.97 Å². The highest BCUT2D eigenvalue weighted by Gasteiger charge is 2.59. The lowest BCUT2D eigenvalue weighted by Crippen LogP contribution is -2.62. The van der Waals surface area contributed by atoms with Gasteiger partial charge in [0.1, 0.15) is 11.4 Å². The smallest absolute Gasteiger partial charge is 0.333 e. The summed E-state index contributed by atoms with van der Waals surface area (Å²) in [5, 5.41) is 5.68. The Kier molecular flexibility index (Phi) is 7.84. The summed E-state index contributed by atoms with van der Waals surface area (Å²) in [5.41, 5.74) is 1.59. The predicted molar refractivity (Wildman–Crippen MR) is 166 cm³/mol. The first-order valence-electron chi connectivity index (χ1n) is 15.2. The van der Waals surface area contributed by atoms with Crippen LogP contribution in [0.1, 0.15) is 64.4 Å². The minimum atomic E-state index is -0.911. The third kappa shape index (κ3) is 5.18. The highest BCUT2D eigenvalue weighted by molar-refractivity contribution is 6.02. The zero-order chi connectivity index (χ0) is 30.9. The van der Waals surface area contributed by atoms with Crippen molar-refractivity contribution in [2.75, 3.05) is 18.0 Å². The molecular formula is C34H36N4O6. The van der Waals surface area contributed by atoms with E-state index >= 15 is 0 Å². The minimum absolute atomic E-state index is 0.0703. The van der Waals surface area contributed by atoms with Crippen LogP contribution >= 0.6 is 0 Å². The Hall–Kier alpha value is -4.73. The number of carbonyl (C=O) groups excluding carboxylic acids is 4. The van der Waals surface area contributed by atoms with E-state index in [1.54, 1.807) is 0 Å². The molecule has 3 aromatic rings. The monoisotopic (exact) mass is 596 g/mol. The number of imide groups is 1. The molecule has 3 heterocycles. The zero-order valence-corrected chi connectivity index (χ0v) is 25.0. The fourth-order valence-corrected chi connectivity index (χ4v) is 6.35. The van der Waals surface area contributed by atoms with Gasteiger partial charge < -0.3 is 19.8 Å². The molecule has 0 aliphatic carbocycles. The first-order chi connectivity index (χ1) is 21.2. The Balaban J connectivity index is 1.05. The summed E-state index contributed by atoms with van der Waals surface area (Å²) < 4.78 is 6.90. The Bertz CT molecular complexity index is 1650. The molecule has 10 heteroatoms. The fraction of sp³-hybridized carbons (Fsp3) is 0.382. The van der Waals surface area contributed by atoms with Crippen LogP contribution < -0.4 is 15.0 Å². The number of carbonyl (C=O) groups is 4. The van der Waals surface area contributed by atoms with Gasteiger partial charge in [0.2, 0.25) is 11.6 Å². The molecule has 1 unspecified atom stereocenters. The molecule has 0 bridgehead atoms. The number of fused-ring (bicyclic) bond motifs is 4. The van der Waals surface area contributed by atoms with Crippen molar-refractivity contribution in [3.8, 4) is 5.75 Å². The van der Waals surface area contributed by atoms with Gasteiger partial charge in [-0.2, -0.15) is 0 Å². The van der Waals surface area contributed by atoms with E-state index in [9.17, 15) is 19.2 Å². The standard InChI is InChI=1S/C34H36N4O6/c1-33(2)25-12-7-8-13-26(25)37(34(33)22-36-32-24-11-6-5-10-23(24)15-16-27(32)43-34)21-19-28(39)35-20-9-3-4-14-31(42)44-38-29(40)17-18-30(38)41/h5-8,10-13,15-16,22H,3-4,9,14,17-21H2,1-2H3,(H,35,39). The number of anilines is 1. The maximum Gasteiger partial charge on any atom is 0.333 e. The summed E-state index contributed by atoms with van der Waals surface area (Å²) in [4.78, 5) is 60.1. The number of aliphatic imine (C=N–C) groups is 1. The van der Waals surface area contributed by atoms with Gasteiger partial charge in [-0.1, -0.05) is 55.0 Å². The Morgan fingerprint density at radius 1 is 0.932 bits per heavy atom. The first kappa shape index (κ1) is 29.3. The van der Waals surface area contributed by atoms with Crippen LogP contribution in [0, 0.1) is 0 Å². The van der Waals surface area contributed by atoms with Crippen molar-refractivity contribution in [2.45, 2.75) is 69.9 Å². The van der Waals surface area contributed by atoms with Crippen molar-refractivity contribution in [1.82, 2.24) is 10.4 Å². The first-order valence-corrected chi connectivity index (χ1v) is 15.2. The predicted octanol–water partition coefficient (Wildman–Crippen LogP) is 5.10. The average Bonchev–Trinajstić information content (AvgIpc) is 3.42. The van der Waals surface area contributed by atoms with Crippen LogP contribution in [0.2, 0.25) is 0 Å². The molecule has 0 radical (unpaired) electrons. The van der Waals surface area contributed by atoms with Crippen molar-refractivity contribution < 1.29 is 28.8 Å². The van der Waals surface area contributed by atoms with Crippen molar-refractivity contribution >= 4 is 52.1 Å². The second-order valence-corrected chi connectivity index (χ2v) is 11.9. The highest BCUT2D eigenvalue weighted by Crippen LogP contribution is 2.54. The van der Waals surface area contributed by atoms with E-state index in [4.69, 9.17) is 14.6 Å². The lowest BCUT2D eigenvalue weighted by molar-refractivity contribution is -0.197. The van der Waals surface area contributed by atoms with E-state index in [-0.39, 0.29) is 31.6 Å². The summed E-state index contributed by atoms with van der Waals surface area (Å²) in [6.07, 6.45) is 4.30. The molecule has 3 aromatic carbocycles. The van der Waals surface area contributed by atoms with Gasteiger partial charge in [-0.15, -0.1) is 5.06 Å². The number of amides is 3. The molecule has 1 spiro atoms. The quantitative estimate of drug-likeness (QED) is 0.256. The van der Waals surface area contributed by atoms with Gasteiger partial charge in [-0.3, -0.25) is 19.4 Å². The van der Waals surface area contributed by atoms with Crippen molar-refractivity contribution in [3.05, 3.63) is 66.2 Å². The number of benzene rings is 3. The normalized spacial score (nSPS) is 19.7. The number of hydrogen-bond donors (Lipinski definition) is 1. The maximum atomic E-state index is 12.9. The number of unbranched alkanes of at least 4 members (excludes halogenated alkanes) is 2. The minimum Gasteiger partial charge on any atom is -0.459 e. The number of ether oxygens (including phenoxy) is 1. The number of hydroxylamine groups is 2. The van der Waals surface area contributed by atoms with Crippen LogP contribution in [0.3, 0.4) is 0 Å². The third-order valence-electron chi connectivity index (χ3n) is 8.80.